The highest BCUT2D eigenvalue weighted by Gasteiger charge is 2.27. The van der Waals surface area contributed by atoms with Gasteiger partial charge in [0, 0.05) is 18.3 Å². The highest BCUT2D eigenvalue weighted by atomic mass is 35.5. The van der Waals surface area contributed by atoms with Crippen LogP contribution in [0.1, 0.15) is 27.7 Å². The van der Waals surface area contributed by atoms with Crippen molar-refractivity contribution in [1.29, 1.82) is 0 Å². The third-order valence-electron chi connectivity index (χ3n) is 3.95. The number of amides is 1. The summed E-state index contributed by atoms with van der Waals surface area (Å²) in [6.07, 6.45) is 1.67. The molecule has 0 spiro atoms. The van der Waals surface area contributed by atoms with Crippen LogP contribution < -0.4 is 0 Å². The van der Waals surface area contributed by atoms with E-state index < -0.39 is 17.8 Å². The lowest BCUT2D eigenvalue weighted by molar-refractivity contribution is 0.0748. The minimum atomic E-state index is -0.603. The summed E-state index contributed by atoms with van der Waals surface area (Å²) in [6, 6.07) is 18.5. The van der Waals surface area contributed by atoms with Crippen LogP contribution in [-0.4, -0.2) is 22.8 Å². The van der Waals surface area contributed by atoms with Gasteiger partial charge in [0.2, 0.25) is 0 Å². The van der Waals surface area contributed by atoms with Crippen molar-refractivity contribution in [1.82, 2.24) is 9.88 Å². The van der Waals surface area contributed by atoms with Gasteiger partial charge in [0.15, 0.2) is 0 Å². The monoisotopic (exact) mass is 354 g/mol. The molecular formula is C20H16ClFN2O. The molecule has 0 aliphatic heterocycles. The number of hydrogen-bond acceptors (Lipinski definition) is 2. The van der Waals surface area contributed by atoms with Gasteiger partial charge >= 0.3 is 0 Å². The fraction of sp³-hybridized carbons (Fsp3) is 0.100. The normalized spacial score (nSPS) is 11.8. The number of halogens is 2. The lowest BCUT2D eigenvalue weighted by atomic mass is 10.0. The van der Waals surface area contributed by atoms with Gasteiger partial charge < -0.3 is 4.90 Å². The van der Waals surface area contributed by atoms with Crippen molar-refractivity contribution in [2.75, 3.05) is 7.05 Å². The Labute approximate surface area is 150 Å². The smallest absolute Gasteiger partial charge is 0.257 e. The number of nitrogens with zero attached hydrogens (tertiary/aromatic N) is 2. The summed E-state index contributed by atoms with van der Waals surface area (Å²) in [5.74, 6) is -1.06. The SMILES string of the molecule is CN(C(=O)c1cc(Cl)ccc1F)C(c1ccccc1)c1ccccn1. The van der Waals surface area contributed by atoms with Crippen LogP contribution in [0, 0.1) is 5.82 Å². The summed E-state index contributed by atoms with van der Waals surface area (Å²) in [5.41, 5.74) is 1.53. The third kappa shape index (κ3) is 3.69. The lowest BCUT2D eigenvalue weighted by Crippen LogP contribution is -2.33. The first kappa shape index (κ1) is 17.1. The maximum atomic E-state index is 14.1. The topological polar surface area (TPSA) is 33.2 Å². The van der Waals surface area contributed by atoms with Crippen LogP contribution in [0.15, 0.2) is 72.9 Å². The summed E-state index contributed by atoms with van der Waals surface area (Å²) in [7, 11) is 1.63. The van der Waals surface area contributed by atoms with Crippen molar-refractivity contribution < 1.29 is 9.18 Å². The molecule has 1 heterocycles. The van der Waals surface area contributed by atoms with Crippen LogP contribution in [0.4, 0.5) is 4.39 Å². The van der Waals surface area contributed by atoms with E-state index in [1.165, 1.54) is 23.1 Å². The second-order valence-electron chi connectivity index (χ2n) is 5.61. The Balaban J connectivity index is 2.04. The predicted molar refractivity (Wildman–Crippen MR) is 96.0 cm³/mol. The van der Waals surface area contributed by atoms with Crippen molar-refractivity contribution in [3.8, 4) is 0 Å². The van der Waals surface area contributed by atoms with Gasteiger partial charge in [-0.15, -0.1) is 0 Å². The van der Waals surface area contributed by atoms with Gasteiger partial charge in [0.05, 0.1) is 17.3 Å². The molecule has 1 atom stereocenters. The van der Waals surface area contributed by atoms with E-state index in [1.54, 1.807) is 13.2 Å². The second-order valence-corrected chi connectivity index (χ2v) is 6.04. The molecule has 0 saturated heterocycles. The quantitative estimate of drug-likeness (QED) is 0.678. The average molecular weight is 355 g/mol. The van der Waals surface area contributed by atoms with Crippen molar-refractivity contribution in [2.45, 2.75) is 6.04 Å². The van der Waals surface area contributed by atoms with Gasteiger partial charge in [0.1, 0.15) is 5.82 Å². The first-order chi connectivity index (χ1) is 12.1. The second kappa shape index (κ2) is 7.45. The van der Waals surface area contributed by atoms with Gasteiger partial charge in [-0.1, -0.05) is 48.0 Å². The fourth-order valence-corrected chi connectivity index (χ4v) is 2.91. The number of hydrogen-bond donors (Lipinski definition) is 0. The molecule has 0 aliphatic carbocycles. The zero-order chi connectivity index (χ0) is 17.8. The molecule has 3 nitrogen and oxygen atoms in total. The molecule has 2 aromatic carbocycles. The van der Waals surface area contributed by atoms with Crippen LogP contribution in [0.2, 0.25) is 5.02 Å². The van der Waals surface area contributed by atoms with Crippen LogP contribution in [-0.2, 0) is 0 Å². The molecule has 5 heteroatoms. The zero-order valence-corrected chi connectivity index (χ0v) is 14.3. The molecule has 3 rings (SSSR count). The van der Waals surface area contributed by atoms with Gasteiger partial charge in [-0.05, 0) is 35.9 Å². The van der Waals surface area contributed by atoms with Gasteiger partial charge in [-0.25, -0.2) is 4.39 Å². The largest absolute Gasteiger partial charge is 0.329 e. The number of pyridine rings is 1. The van der Waals surface area contributed by atoms with Crippen molar-refractivity contribution in [3.05, 3.63) is 101 Å². The first-order valence-electron chi connectivity index (χ1n) is 7.76. The highest BCUT2D eigenvalue weighted by Crippen LogP contribution is 2.28. The Kier molecular flexibility index (Phi) is 5.10. The van der Waals surface area contributed by atoms with E-state index >= 15 is 0 Å². The predicted octanol–water partition coefficient (Wildman–Crippen LogP) is 4.74. The van der Waals surface area contributed by atoms with E-state index in [2.05, 4.69) is 4.98 Å². The third-order valence-corrected chi connectivity index (χ3v) is 4.18. The van der Waals surface area contributed by atoms with E-state index in [0.29, 0.717) is 10.7 Å². The Morgan fingerprint density at radius 1 is 1.08 bits per heavy atom. The maximum absolute atomic E-state index is 14.1. The minimum absolute atomic E-state index is 0.0631. The summed E-state index contributed by atoms with van der Waals surface area (Å²) in [4.78, 5) is 18.8. The summed E-state index contributed by atoms with van der Waals surface area (Å²) in [5, 5.41) is 0.312. The number of carbonyl (C=O) groups is 1. The highest BCUT2D eigenvalue weighted by molar-refractivity contribution is 6.31. The molecule has 0 N–H and O–H groups in total. The number of aromatic nitrogens is 1. The Morgan fingerprint density at radius 2 is 1.80 bits per heavy atom. The average Bonchev–Trinajstić information content (AvgIpc) is 2.65. The standard InChI is InChI=1S/C20H16ClFN2O/c1-24(20(25)16-13-15(21)10-11-17(16)22)19(14-7-3-2-4-8-14)18-9-5-6-12-23-18/h2-13,19H,1H3. The van der Waals surface area contributed by atoms with Crippen LogP contribution in [0.5, 0.6) is 0 Å². The molecule has 1 unspecified atom stereocenters. The zero-order valence-electron chi connectivity index (χ0n) is 13.6. The lowest BCUT2D eigenvalue weighted by Gasteiger charge is -2.28. The van der Waals surface area contributed by atoms with Crippen molar-refractivity contribution in [3.63, 3.8) is 0 Å². The Bertz CT molecular complexity index is 832. The molecule has 0 aliphatic rings. The number of carbonyl (C=O) groups excluding carboxylic acids is 1. The molecule has 0 saturated carbocycles. The van der Waals surface area contributed by atoms with E-state index in [4.69, 9.17) is 11.6 Å². The Morgan fingerprint density at radius 3 is 2.48 bits per heavy atom. The molecule has 1 amide bonds. The molecule has 1 aromatic heterocycles. The maximum Gasteiger partial charge on any atom is 0.257 e. The van der Waals surface area contributed by atoms with Crippen LogP contribution in [0.25, 0.3) is 0 Å². The first-order valence-corrected chi connectivity index (χ1v) is 8.14. The van der Waals surface area contributed by atoms with Gasteiger partial charge in [-0.3, -0.25) is 9.78 Å². The summed E-state index contributed by atoms with van der Waals surface area (Å²) < 4.78 is 14.1. The Hall–Kier alpha value is -2.72. The van der Waals surface area contributed by atoms with Gasteiger partial charge in [-0.2, -0.15) is 0 Å². The summed E-state index contributed by atoms with van der Waals surface area (Å²) >= 11 is 5.93. The van der Waals surface area contributed by atoms with Crippen molar-refractivity contribution in [2.24, 2.45) is 0 Å². The summed E-state index contributed by atoms with van der Waals surface area (Å²) in [6.45, 7) is 0. The van der Waals surface area contributed by atoms with E-state index in [0.717, 1.165) is 5.56 Å². The molecule has 0 fully saturated rings. The molecule has 126 valence electrons. The minimum Gasteiger partial charge on any atom is -0.329 e. The molecule has 0 bridgehead atoms. The van der Waals surface area contributed by atoms with Gasteiger partial charge in [0.25, 0.3) is 5.91 Å². The van der Waals surface area contributed by atoms with Crippen LogP contribution in [0.3, 0.4) is 0 Å². The van der Waals surface area contributed by atoms with E-state index in [9.17, 15) is 9.18 Å². The van der Waals surface area contributed by atoms with Crippen LogP contribution >= 0.6 is 11.6 Å². The molecule has 0 radical (unpaired) electrons. The number of benzene rings is 2. The van der Waals surface area contributed by atoms with Crippen molar-refractivity contribution >= 4 is 17.5 Å². The van der Waals surface area contributed by atoms with E-state index in [-0.39, 0.29) is 5.56 Å². The molecular weight excluding hydrogens is 339 g/mol. The number of rotatable bonds is 4. The van der Waals surface area contributed by atoms with E-state index in [1.807, 2.05) is 48.5 Å². The fourth-order valence-electron chi connectivity index (χ4n) is 2.73. The molecule has 25 heavy (non-hydrogen) atoms. The molecule has 3 aromatic rings.